The topological polar surface area (TPSA) is 64.6 Å². The van der Waals surface area contributed by atoms with Crippen LogP contribution in [0.3, 0.4) is 0 Å². The number of esters is 1. The van der Waals surface area contributed by atoms with Crippen LogP contribution in [0.1, 0.15) is 5.56 Å². The van der Waals surface area contributed by atoms with Crippen molar-refractivity contribution < 1.29 is 27.8 Å². The van der Waals surface area contributed by atoms with Gasteiger partial charge in [0.05, 0.1) is 0 Å². The summed E-state index contributed by atoms with van der Waals surface area (Å²) in [5.41, 5.74) is 1.19. The van der Waals surface area contributed by atoms with Crippen LogP contribution in [0.15, 0.2) is 60.7 Å². The fourth-order valence-electron chi connectivity index (χ4n) is 1.83. The Morgan fingerprint density at radius 3 is 2.36 bits per heavy atom. The number of halogens is 2. The minimum Gasteiger partial charge on any atom is -0.452 e. The highest BCUT2D eigenvalue weighted by molar-refractivity contribution is 5.94. The molecule has 0 radical (unpaired) electrons. The summed E-state index contributed by atoms with van der Waals surface area (Å²) < 4.78 is 33.1. The Balaban J connectivity index is 1.77. The Labute approximate surface area is 142 Å². The quantitative estimate of drug-likeness (QED) is 0.615. The lowest BCUT2D eigenvalue weighted by molar-refractivity contribution is -0.142. The molecule has 0 saturated carbocycles. The zero-order valence-electron chi connectivity index (χ0n) is 13.0. The molecule has 1 amide bonds. The van der Waals surface area contributed by atoms with E-state index in [9.17, 15) is 18.4 Å². The second kappa shape index (κ2) is 9.17. The SMILES string of the molecule is O=C(COC(=O)C=Cc1ccc(OC(F)F)cc1)Nc1ccccc1. The van der Waals surface area contributed by atoms with E-state index in [1.54, 1.807) is 24.3 Å². The van der Waals surface area contributed by atoms with Gasteiger partial charge in [-0.25, -0.2) is 4.79 Å². The number of amides is 1. The molecule has 2 aromatic rings. The van der Waals surface area contributed by atoms with Crippen LogP contribution in [0, 0.1) is 0 Å². The summed E-state index contributed by atoms with van der Waals surface area (Å²) in [4.78, 5) is 23.2. The Morgan fingerprint density at radius 2 is 1.72 bits per heavy atom. The molecule has 0 aliphatic carbocycles. The molecule has 0 unspecified atom stereocenters. The molecule has 0 saturated heterocycles. The van der Waals surface area contributed by atoms with Crippen LogP contribution in [0.2, 0.25) is 0 Å². The summed E-state index contributed by atoms with van der Waals surface area (Å²) in [6, 6.07) is 14.5. The van der Waals surface area contributed by atoms with Gasteiger partial charge in [0.25, 0.3) is 5.91 Å². The van der Waals surface area contributed by atoms with Gasteiger partial charge in [0.2, 0.25) is 0 Å². The normalized spacial score (nSPS) is 10.7. The summed E-state index contributed by atoms with van der Waals surface area (Å²) in [6.07, 6.45) is 2.57. The van der Waals surface area contributed by atoms with Gasteiger partial charge in [-0.1, -0.05) is 30.3 Å². The molecule has 0 aliphatic heterocycles. The predicted molar refractivity (Wildman–Crippen MR) is 88.1 cm³/mol. The maximum absolute atomic E-state index is 12.0. The lowest BCUT2D eigenvalue weighted by Gasteiger charge is -2.05. The van der Waals surface area contributed by atoms with Crippen molar-refractivity contribution in [1.82, 2.24) is 0 Å². The number of alkyl halides is 2. The highest BCUT2D eigenvalue weighted by atomic mass is 19.3. The van der Waals surface area contributed by atoms with E-state index in [2.05, 4.69) is 10.1 Å². The van der Waals surface area contributed by atoms with E-state index in [1.165, 1.54) is 30.3 Å². The minimum atomic E-state index is -2.89. The van der Waals surface area contributed by atoms with E-state index in [0.29, 0.717) is 11.3 Å². The first-order valence-corrected chi connectivity index (χ1v) is 7.27. The Hall–Kier alpha value is -3.22. The highest BCUT2D eigenvalue weighted by Gasteiger charge is 2.06. The number of para-hydroxylation sites is 1. The molecule has 0 fully saturated rings. The fraction of sp³-hybridized carbons (Fsp3) is 0.111. The fourth-order valence-corrected chi connectivity index (χ4v) is 1.83. The highest BCUT2D eigenvalue weighted by Crippen LogP contribution is 2.15. The zero-order valence-corrected chi connectivity index (χ0v) is 13.0. The third kappa shape index (κ3) is 6.82. The van der Waals surface area contributed by atoms with Crippen LogP contribution < -0.4 is 10.1 Å². The molecule has 0 spiro atoms. The molecular weight excluding hydrogens is 332 g/mol. The maximum Gasteiger partial charge on any atom is 0.387 e. The molecule has 130 valence electrons. The number of carbonyl (C=O) groups excluding carboxylic acids is 2. The lowest BCUT2D eigenvalue weighted by atomic mass is 10.2. The smallest absolute Gasteiger partial charge is 0.387 e. The maximum atomic E-state index is 12.0. The minimum absolute atomic E-state index is 0.0207. The molecular formula is C18H15F2NO4. The number of anilines is 1. The number of rotatable bonds is 7. The van der Waals surface area contributed by atoms with Crippen molar-refractivity contribution in [3.8, 4) is 5.75 Å². The first-order chi connectivity index (χ1) is 12.0. The van der Waals surface area contributed by atoms with Crippen molar-refractivity contribution in [2.45, 2.75) is 6.61 Å². The van der Waals surface area contributed by atoms with Gasteiger partial charge in [-0.05, 0) is 35.9 Å². The Morgan fingerprint density at radius 1 is 1.04 bits per heavy atom. The van der Waals surface area contributed by atoms with Crippen LogP contribution in [-0.4, -0.2) is 25.1 Å². The summed E-state index contributed by atoms with van der Waals surface area (Å²) in [5, 5.41) is 2.58. The van der Waals surface area contributed by atoms with Crippen LogP contribution in [0.4, 0.5) is 14.5 Å². The molecule has 0 aromatic heterocycles. The first kappa shape index (κ1) is 18.1. The average molecular weight is 347 g/mol. The van der Waals surface area contributed by atoms with Gasteiger partial charge >= 0.3 is 12.6 Å². The predicted octanol–water partition coefficient (Wildman–Crippen LogP) is 3.48. The van der Waals surface area contributed by atoms with E-state index in [-0.39, 0.29) is 5.75 Å². The van der Waals surface area contributed by atoms with Gasteiger partial charge in [-0.2, -0.15) is 8.78 Å². The molecule has 0 heterocycles. The van der Waals surface area contributed by atoms with Gasteiger partial charge < -0.3 is 14.8 Å². The Bertz CT molecular complexity index is 731. The zero-order chi connectivity index (χ0) is 18.1. The van der Waals surface area contributed by atoms with E-state index in [1.807, 2.05) is 6.07 Å². The van der Waals surface area contributed by atoms with Crippen molar-refractivity contribution in [1.29, 1.82) is 0 Å². The summed E-state index contributed by atoms with van der Waals surface area (Å²) in [7, 11) is 0. The molecule has 0 aliphatic rings. The van der Waals surface area contributed by atoms with Gasteiger partial charge in [0.1, 0.15) is 5.75 Å². The van der Waals surface area contributed by atoms with Crippen molar-refractivity contribution in [3.63, 3.8) is 0 Å². The number of hydrogen-bond acceptors (Lipinski definition) is 4. The summed E-state index contributed by atoms with van der Waals surface area (Å²) in [6.45, 7) is -3.31. The Kier molecular flexibility index (Phi) is 6.65. The van der Waals surface area contributed by atoms with Crippen LogP contribution in [0.25, 0.3) is 6.08 Å². The number of ether oxygens (including phenoxy) is 2. The van der Waals surface area contributed by atoms with Gasteiger partial charge in [-0.3, -0.25) is 4.79 Å². The van der Waals surface area contributed by atoms with Gasteiger partial charge in [-0.15, -0.1) is 0 Å². The molecule has 1 N–H and O–H groups in total. The molecule has 5 nitrogen and oxygen atoms in total. The van der Waals surface area contributed by atoms with E-state index in [4.69, 9.17) is 4.74 Å². The molecule has 0 bridgehead atoms. The molecule has 7 heteroatoms. The van der Waals surface area contributed by atoms with Crippen LogP contribution >= 0.6 is 0 Å². The first-order valence-electron chi connectivity index (χ1n) is 7.27. The van der Waals surface area contributed by atoms with E-state index in [0.717, 1.165) is 6.08 Å². The van der Waals surface area contributed by atoms with Crippen molar-refractivity contribution >= 4 is 23.6 Å². The standard InChI is InChI=1S/C18H15F2NO4/c19-18(20)25-15-9-6-13(7-10-15)8-11-17(23)24-12-16(22)21-14-4-2-1-3-5-14/h1-11,18H,12H2,(H,21,22). The van der Waals surface area contributed by atoms with E-state index < -0.39 is 25.1 Å². The van der Waals surface area contributed by atoms with Gasteiger partial charge in [0.15, 0.2) is 6.61 Å². The number of hydrogen-bond donors (Lipinski definition) is 1. The summed E-state index contributed by atoms with van der Waals surface area (Å²) >= 11 is 0. The molecule has 2 aromatic carbocycles. The third-order valence-electron chi connectivity index (χ3n) is 2.92. The summed E-state index contributed by atoms with van der Waals surface area (Å²) in [5.74, 6) is -1.13. The molecule has 0 atom stereocenters. The third-order valence-corrected chi connectivity index (χ3v) is 2.92. The van der Waals surface area contributed by atoms with Crippen molar-refractivity contribution in [2.75, 3.05) is 11.9 Å². The number of carbonyl (C=O) groups is 2. The molecule has 2 rings (SSSR count). The van der Waals surface area contributed by atoms with Gasteiger partial charge in [0, 0.05) is 11.8 Å². The average Bonchev–Trinajstić information content (AvgIpc) is 2.60. The van der Waals surface area contributed by atoms with Crippen molar-refractivity contribution in [3.05, 3.63) is 66.2 Å². The molecule has 25 heavy (non-hydrogen) atoms. The van der Waals surface area contributed by atoms with Crippen molar-refractivity contribution in [2.24, 2.45) is 0 Å². The number of nitrogens with one attached hydrogen (secondary N) is 1. The lowest BCUT2D eigenvalue weighted by Crippen LogP contribution is -2.20. The van der Waals surface area contributed by atoms with Crippen LogP contribution in [-0.2, 0) is 14.3 Å². The monoisotopic (exact) mass is 347 g/mol. The largest absolute Gasteiger partial charge is 0.452 e. The number of benzene rings is 2. The van der Waals surface area contributed by atoms with Crippen LogP contribution in [0.5, 0.6) is 5.75 Å². The second-order valence-corrected chi connectivity index (χ2v) is 4.80. The second-order valence-electron chi connectivity index (χ2n) is 4.80. The van der Waals surface area contributed by atoms with E-state index >= 15 is 0 Å².